The maximum Gasteiger partial charge on any atom is 0.255 e. The second-order valence-electron chi connectivity index (χ2n) is 8.90. The van der Waals surface area contributed by atoms with E-state index in [1.165, 1.54) is 36.4 Å². The van der Waals surface area contributed by atoms with E-state index in [1.807, 2.05) is 0 Å². The summed E-state index contributed by atoms with van der Waals surface area (Å²) in [7, 11) is -3.78. The number of hydrogen-bond acceptors (Lipinski definition) is 4. The number of carbonyl (C=O) groups is 1. The predicted octanol–water partition coefficient (Wildman–Crippen LogP) is 4.75. The zero-order chi connectivity index (χ0) is 22.6. The molecule has 4 rings (SSSR count). The Balaban J connectivity index is 1.60. The third-order valence-electron chi connectivity index (χ3n) is 6.97. The summed E-state index contributed by atoms with van der Waals surface area (Å²) in [6.07, 6.45) is 2.40. The molecule has 0 spiro atoms. The molecular weight excluding hydrogens is 441 g/mol. The molecule has 2 aliphatic carbocycles. The van der Waals surface area contributed by atoms with Gasteiger partial charge in [0.15, 0.2) is 9.84 Å². The normalized spacial score (nSPS) is 27.8. The Morgan fingerprint density at radius 1 is 1.16 bits per heavy atom. The zero-order valence-corrected chi connectivity index (χ0v) is 18.9. The van der Waals surface area contributed by atoms with Gasteiger partial charge in [-0.15, -0.1) is 0 Å². The fraction of sp³-hybridized carbons (Fsp3) is 0.435. The van der Waals surface area contributed by atoms with Crippen molar-refractivity contribution in [2.75, 3.05) is 5.32 Å². The van der Waals surface area contributed by atoms with Crippen molar-refractivity contribution in [1.82, 2.24) is 0 Å². The number of rotatable bonds is 4. The Bertz CT molecular complexity index is 1130. The predicted molar refractivity (Wildman–Crippen MR) is 118 cm³/mol. The van der Waals surface area contributed by atoms with E-state index >= 15 is 0 Å². The van der Waals surface area contributed by atoms with Crippen LogP contribution >= 0.6 is 11.6 Å². The number of carbonyl (C=O) groups excluding carboxylic acids is 1. The first-order chi connectivity index (χ1) is 14.5. The molecule has 2 N–H and O–H groups in total. The number of aliphatic hydroxyl groups is 1. The van der Waals surface area contributed by atoms with E-state index < -0.39 is 26.6 Å². The maximum absolute atomic E-state index is 13.5. The van der Waals surface area contributed by atoms with E-state index in [4.69, 9.17) is 11.6 Å². The molecular formula is C23H25ClFNO4S. The minimum absolute atomic E-state index is 0.0574. The lowest BCUT2D eigenvalue weighted by atomic mass is 9.76. The molecule has 2 aliphatic rings. The molecule has 2 saturated carbocycles. The van der Waals surface area contributed by atoms with E-state index in [0.29, 0.717) is 24.1 Å². The monoisotopic (exact) mass is 465 g/mol. The summed E-state index contributed by atoms with van der Waals surface area (Å²) in [5, 5.41) is 12.8. The summed E-state index contributed by atoms with van der Waals surface area (Å²) < 4.78 is 40.3. The lowest BCUT2D eigenvalue weighted by Crippen LogP contribution is -2.45. The maximum atomic E-state index is 13.5. The molecule has 0 heterocycles. The van der Waals surface area contributed by atoms with Gasteiger partial charge >= 0.3 is 0 Å². The minimum atomic E-state index is -3.78. The topological polar surface area (TPSA) is 83.5 Å². The van der Waals surface area contributed by atoms with Crippen LogP contribution in [0.15, 0.2) is 41.3 Å². The van der Waals surface area contributed by atoms with E-state index in [0.717, 1.165) is 12.8 Å². The van der Waals surface area contributed by atoms with Crippen molar-refractivity contribution in [3.63, 3.8) is 0 Å². The smallest absolute Gasteiger partial charge is 0.255 e. The highest BCUT2D eigenvalue weighted by Crippen LogP contribution is 2.51. The SMILES string of the molecule is Cc1cc(NC(=O)c2ccc(Cl)c(S(=O)(=O)C3CC4CC[C@@H](C3)C4(C)O)c2)ccc1F. The highest BCUT2D eigenvalue weighted by Gasteiger charge is 2.53. The molecule has 3 unspecified atom stereocenters. The minimum Gasteiger partial charge on any atom is -0.390 e. The molecule has 2 fully saturated rings. The van der Waals surface area contributed by atoms with Crippen LogP contribution in [-0.2, 0) is 9.84 Å². The van der Waals surface area contributed by atoms with Crippen LogP contribution in [0.4, 0.5) is 10.1 Å². The van der Waals surface area contributed by atoms with Crippen molar-refractivity contribution in [3.05, 3.63) is 58.4 Å². The molecule has 2 aromatic rings. The lowest BCUT2D eigenvalue weighted by Gasteiger charge is -2.40. The standard InChI is InChI=1S/C23H25ClFNO4S/c1-13-9-17(6-8-20(13)25)26-22(27)14-3-7-19(24)21(10-14)31(29,30)18-11-15-4-5-16(12-18)23(15,2)28/h3,6-10,15-16,18,28H,4-5,11-12H2,1-2H3,(H,26,27)/t15-,16?,18?,23?/m0/s1. The largest absolute Gasteiger partial charge is 0.390 e. The summed E-state index contributed by atoms with van der Waals surface area (Å²) in [5.74, 6) is -1.000. The first-order valence-electron chi connectivity index (χ1n) is 10.3. The summed E-state index contributed by atoms with van der Waals surface area (Å²) in [4.78, 5) is 12.6. The van der Waals surface area contributed by atoms with Crippen molar-refractivity contribution >= 4 is 33.0 Å². The van der Waals surface area contributed by atoms with E-state index in [2.05, 4.69) is 5.32 Å². The number of benzene rings is 2. The average molecular weight is 466 g/mol. The Morgan fingerprint density at radius 2 is 1.81 bits per heavy atom. The number of hydrogen-bond donors (Lipinski definition) is 2. The summed E-state index contributed by atoms with van der Waals surface area (Å²) in [5.41, 5.74) is 0.121. The van der Waals surface area contributed by atoms with Crippen molar-refractivity contribution in [2.45, 2.75) is 55.3 Å². The number of nitrogens with one attached hydrogen (secondary N) is 1. The Labute approximate surface area is 186 Å². The van der Waals surface area contributed by atoms with Crippen LogP contribution in [0.25, 0.3) is 0 Å². The van der Waals surface area contributed by atoms with Crippen molar-refractivity contribution in [2.24, 2.45) is 11.8 Å². The number of halogens is 2. The molecule has 0 aromatic heterocycles. The second-order valence-corrected chi connectivity index (χ2v) is 11.5. The van der Waals surface area contributed by atoms with Crippen molar-refractivity contribution in [3.8, 4) is 0 Å². The van der Waals surface area contributed by atoms with Gasteiger partial charge in [0.2, 0.25) is 0 Å². The average Bonchev–Trinajstić information content (AvgIpc) is 2.87. The van der Waals surface area contributed by atoms with Crippen molar-refractivity contribution < 1.29 is 22.7 Å². The van der Waals surface area contributed by atoms with Gasteiger partial charge in [-0.3, -0.25) is 4.79 Å². The van der Waals surface area contributed by atoms with Gasteiger partial charge in [-0.25, -0.2) is 12.8 Å². The van der Waals surface area contributed by atoms with Gasteiger partial charge in [-0.05, 0) is 93.3 Å². The number of sulfone groups is 1. The number of aryl methyl sites for hydroxylation is 1. The fourth-order valence-corrected chi connectivity index (χ4v) is 7.39. The summed E-state index contributed by atoms with van der Waals surface area (Å²) in [6, 6.07) is 8.38. The van der Waals surface area contributed by atoms with Gasteiger partial charge in [0.1, 0.15) is 5.82 Å². The quantitative estimate of drug-likeness (QED) is 0.682. The van der Waals surface area contributed by atoms with E-state index in [1.54, 1.807) is 13.8 Å². The molecule has 4 atom stereocenters. The zero-order valence-electron chi connectivity index (χ0n) is 17.4. The third kappa shape index (κ3) is 3.99. The van der Waals surface area contributed by atoms with Crippen LogP contribution in [0.2, 0.25) is 5.02 Å². The Morgan fingerprint density at radius 3 is 2.42 bits per heavy atom. The summed E-state index contributed by atoms with van der Waals surface area (Å²) >= 11 is 6.25. The molecule has 0 saturated heterocycles. The molecule has 5 nitrogen and oxygen atoms in total. The third-order valence-corrected chi connectivity index (χ3v) is 9.62. The van der Waals surface area contributed by atoms with Gasteiger partial charge in [-0.2, -0.15) is 0 Å². The molecule has 0 radical (unpaired) electrons. The number of anilines is 1. The van der Waals surface area contributed by atoms with Crippen molar-refractivity contribution in [1.29, 1.82) is 0 Å². The van der Waals surface area contributed by atoms with Gasteiger partial charge < -0.3 is 10.4 Å². The molecule has 0 aliphatic heterocycles. The fourth-order valence-electron chi connectivity index (χ4n) is 4.99. The van der Waals surface area contributed by atoms with Crippen LogP contribution in [0.1, 0.15) is 48.5 Å². The first-order valence-corrected chi connectivity index (χ1v) is 12.3. The Hall–Kier alpha value is -1.96. The second kappa shape index (κ2) is 7.87. The molecule has 2 bridgehead atoms. The summed E-state index contributed by atoms with van der Waals surface area (Å²) in [6.45, 7) is 3.39. The highest BCUT2D eigenvalue weighted by molar-refractivity contribution is 7.92. The highest BCUT2D eigenvalue weighted by atomic mass is 35.5. The van der Waals surface area contributed by atoms with Gasteiger partial charge in [0, 0.05) is 11.3 Å². The number of fused-ring (bicyclic) bond motifs is 2. The van der Waals surface area contributed by atoms with Gasteiger partial charge in [0.25, 0.3) is 5.91 Å². The van der Waals surface area contributed by atoms with E-state index in [-0.39, 0.29) is 33.1 Å². The van der Waals surface area contributed by atoms with Crippen LogP contribution in [0.3, 0.4) is 0 Å². The van der Waals surface area contributed by atoms with Crippen LogP contribution < -0.4 is 5.32 Å². The lowest BCUT2D eigenvalue weighted by molar-refractivity contribution is -0.0413. The van der Waals surface area contributed by atoms with Crippen LogP contribution in [0.5, 0.6) is 0 Å². The molecule has 2 aromatic carbocycles. The van der Waals surface area contributed by atoms with Gasteiger partial charge in [0.05, 0.1) is 20.8 Å². The first kappa shape index (κ1) is 22.2. The van der Waals surface area contributed by atoms with Gasteiger partial charge in [-0.1, -0.05) is 11.6 Å². The van der Waals surface area contributed by atoms with Crippen LogP contribution in [0, 0.1) is 24.6 Å². The van der Waals surface area contributed by atoms with E-state index in [9.17, 15) is 22.7 Å². The molecule has 8 heteroatoms. The van der Waals surface area contributed by atoms with Crippen LogP contribution in [-0.4, -0.2) is 30.3 Å². The Kier molecular flexibility index (Phi) is 5.65. The molecule has 1 amide bonds. The molecule has 31 heavy (non-hydrogen) atoms. The number of amides is 1. The molecule has 166 valence electrons.